The normalized spacial score (nSPS) is 22.0. The first kappa shape index (κ1) is 13.6. The molecule has 3 heteroatoms. The molecular weight excluding hydrogens is 272 g/mol. The largest absolute Gasteiger partial charge is 0.492 e. The van der Waals surface area contributed by atoms with Gasteiger partial charge in [0.1, 0.15) is 12.4 Å². The number of hydrogen-bond acceptors (Lipinski definition) is 3. The topological polar surface area (TPSA) is 15.7 Å². The predicted molar refractivity (Wildman–Crippen MR) is 89.7 cm³/mol. The summed E-state index contributed by atoms with van der Waals surface area (Å²) >= 11 is 0. The average Bonchev–Trinajstić information content (AvgIpc) is 2.62. The number of benzene rings is 2. The van der Waals surface area contributed by atoms with E-state index in [0.29, 0.717) is 6.04 Å². The van der Waals surface area contributed by atoms with Crippen LogP contribution >= 0.6 is 0 Å². The number of para-hydroxylation sites is 2. The zero-order chi connectivity index (χ0) is 14.8. The summed E-state index contributed by atoms with van der Waals surface area (Å²) in [4.78, 5) is 5.07. The second-order valence-corrected chi connectivity index (χ2v) is 6.14. The molecule has 114 valence electrons. The quantitative estimate of drug-likeness (QED) is 0.847. The van der Waals surface area contributed by atoms with Crippen LogP contribution < -0.4 is 9.64 Å². The second-order valence-electron chi connectivity index (χ2n) is 6.14. The Hall–Kier alpha value is -2.00. The van der Waals surface area contributed by atoms with Gasteiger partial charge in [-0.05, 0) is 30.2 Å². The molecule has 2 aromatic rings. The molecule has 1 atom stereocenters. The van der Waals surface area contributed by atoms with E-state index in [1.807, 2.05) is 0 Å². The van der Waals surface area contributed by atoms with E-state index < -0.39 is 0 Å². The van der Waals surface area contributed by atoms with Crippen LogP contribution in [0.1, 0.15) is 5.56 Å². The van der Waals surface area contributed by atoms with E-state index in [4.69, 9.17) is 4.74 Å². The van der Waals surface area contributed by atoms with Crippen LogP contribution in [0.25, 0.3) is 0 Å². The van der Waals surface area contributed by atoms with Crippen molar-refractivity contribution >= 4 is 5.69 Å². The Kier molecular flexibility index (Phi) is 3.73. The van der Waals surface area contributed by atoms with Crippen molar-refractivity contribution < 1.29 is 4.74 Å². The van der Waals surface area contributed by atoms with Crippen LogP contribution in [-0.4, -0.2) is 43.7 Å². The van der Waals surface area contributed by atoms with Gasteiger partial charge in [-0.3, -0.25) is 4.90 Å². The van der Waals surface area contributed by atoms with Crippen LogP contribution in [-0.2, 0) is 6.42 Å². The summed E-state index contributed by atoms with van der Waals surface area (Å²) in [6.45, 7) is 5.25. The van der Waals surface area contributed by atoms with E-state index in [9.17, 15) is 0 Å². The Morgan fingerprint density at radius 3 is 2.36 bits per heavy atom. The third kappa shape index (κ3) is 2.69. The van der Waals surface area contributed by atoms with Gasteiger partial charge in [-0.15, -0.1) is 0 Å². The van der Waals surface area contributed by atoms with Crippen LogP contribution in [0.2, 0.25) is 0 Å². The molecule has 0 amide bonds. The molecule has 0 bridgehead atoms. The molecule has 3 nitrogen and oxygen atoms in total. The maximum atomic E-state index is 5.95. The van der Waals surface area contributed by atoms with Crippen molar-refractivity contribution in [2.45, 2.75) is 12.5 Å². The maximum Gasteiger partial charge on any atom is 0.122 e. The smallest absolute Gasteiger partial charge is 0.122 e. The van der Waals surface area contributed by atoms with E-state index in [-0.39, 0.29) is 0 Å². The molecule has 0 N–H and O–H groups in total. The van der Waals surface area contributed by atoms with Crippen molar-refractivity contribution in [2.24, 2.45) is 0 Å². The molecule has 0 unspecified atom stereocenters. The van der Waals surface area contributed by atoms with Gasteiger partial charge in [0.25, 0.3) is 0 Å². The third-order valence-corrected chi connectivity index (χ3v) is 4.81. The van der Waals surface area contributed by atoms with Crippen molar-refractivity contribution in [1.82, 2.24) is 4.90 Å². The molecule has 2 aromatic carbocycles. The fourth-order valence-corrected chi connectivity index (χ4v) is 3.53. The van der Waals surface area contributed by atoms with Crippen molar-refractivity contribution in [2.75, 3.05) is 37.7 Å². The van der Waals surface area contributed by atoms with Gasteiger partial charge in [0.2, 0.25) is 0 Å². The van der Waals surface area contributed by atoms with Gasteiger partial charge in [0, 0.05) is 37.9 Å². The summed E-state index contributed by atoms with van der Waals surface area (Å²) in [5.41, 5.74) is 2.69. The molecule has 0 aliphatic carbocycles. The lowest BCUT2D eigenvalue weighted by molar-refractivity contribution is 0.113. The molecule has 0 radical (unpaired) electrons. The number of piperazine rings is 1. The summed E-state index contributed by atoms with van der Waals surface area (Å²) in [6, 6.07) is 19.7. The Morgan fingerprint density at radius 1 is 0.818 bits per heavy atom. The second kappa shape index (κ2) is 6.01. The number of nitrogens with zero attached hydrogens (tertiary/aromatic N) is 2. The SMILES string of the molecule is c1ccc(N2CCN([C@H]3COc4ccccc4C3)CC2)cc1. The minimum absolute atomic E-state index is 0.521. The lowest BCUT2D eigenvalue weighted by Crippen LogP contribution is -2.53. The molecule has 22 heavy (non-hydrogen) atoms. The van der Waals surface area contributed by atoms with E-state index in [2.05, 4.69) is 64.4 Å². The summed E-state index contributed by atoms with van der Waals surface area (Å²) in [6.07, 6.45) is 1.11. The van der Waals surface area contributed by atoms with E-state index >= 15 is 0 Å². The molecule has 2 aliphatic heterocycles. The zero-order valence-corrected chi connectivity index (χ0v) is 12.8. The summed E-state index contributed by atoms with van der Waals surface area (Å²) < 4.78 is 5.95. The molecular formula is C19H22N2O. The average molecular weight is 294 g/mol. The highest BCUT2D eigenvalue weighted by Crippen LogP contribution is 2.27. The first-order valence-corrected chi connectivity index (χ1v) is 8.15. The fourth-order valence-electron chi connectivity index (χ4n) is 3.53. The van der Waals surface area contributed by atoms with E-state index in [1.165, 1.54) is 11.3 Å². The maximum absolute atomic E-state index is 5.95. The molecule has 0 aromatic heterocycles. The molecule has 2 aliphatic rings. The Balaban J connectivity index is 1.38. The number of fused-ring (bicyclic) bond motifs is 1. The molecule has 0 spiro atoms. The fraction of sp³-hybridized carbons (Fsp3) is 0.368. The number of hydrogen-bond donors (Lipinski definition) is 0. The van der Waals surface area contributed by atoms with Crippen molar-refractivity contribution in [3.8, 4) is 5.75 Å². The molecule has 2 heterocycles. The van der Waals surface area contributed by atoms with Crippen LogP contribution in [0.15, 0.2) is 54.6 Å². The Bertz CT molecular complexity index is 620. The van der Waals surface area contributed by atoms with Gasteiger partial charge in [-0.2, -0.15) is 0 Å². The van der Waals surface area contributed by atoms with Gasteiger partial charge in [0.15, 0.2) is 0 Å². The Morgan fingerprint density at radius 2 is 1.55 bits per heavy atom. The van der Waals surface area contributed by atoms with Gasteiger partial charge < -0.3 is 9.64 Å². The molecule has 4 rings (SSSR count). The first-order valence-electron chi connectivity index (χ1n) is 8.15. The predicted octanol–water partition coefficient (Wildman–Crippen LogP) is 2.81. The van der Waals surface area contributed by atoms with Crippen LogP contribution in [0, 0.1) is 0 Å². The summed E-state index contributed by atoms with van der Waals surface area (Å²) in [5.74, 6) is 1.07. The zero-order valence-electron chi connectivity index (χ0n) is 12.8. The van der Waals surface area contributed by atoms with E-state index in [0.717, 1.165) is 45.0 Å². The highest BCUT2D eigenvalue weighted by Gasteiger charge is 2.28. The van der Waals surface area contributed by atoms with Gasteiger partial charge >= 0.3 is 0 Å². The number of ether oxygens (including phenoxy) is 1. The molecule has 1 fully saturated rings. The lowest BCUT2D eigenvalue weighted by Gasteiger charge is -2.41. The Labute approximate surface area is 132 Å². The van der Waals surface area contributed by atoms with Crippen molar-refractivity contribution in [3.05, 3.63) is 60.2 Å². The van der Waals surface area contributed by atoms with Crippen LogP contribution in [0.3, 0.4) is 0 Å². The van der Waals surface area contributed by atoms with Crippen LogP contribution in [0.4, 0.5) is 5.69 Å². The van der Waals surface area contributed by atoms with Gasteiger partial charge in [-0.25, -0.2) is 0 Å². The lowest BCUT2D eigenvalue weighted by atomic mass is 10.0. The first-order chi connectivity index (χ1) is 10.9. The van der Waals surface area contributed by atoms with Crippen LogP contribution in [0.5, 0.6) is 5.75 Å². The molecule has 0 saturated carbocycles. The highest BCUT2D eigenvalue weighted by molar-refractivity contribution is 5.46. The van der Waals surface area contributed by atoms with Crippen molar-refractivity contribution in [1.29, 1.82) is 0 Å². The third-order valence-electron chi connectivity index (χ3n) is 4.81. The monoisotopic (exact) mass is 294 g/mol. The summed E-state index contributed by atoms with van der Waals surface area (Å²) in [5, 5.41) is 0. The minimum atomic E-state index is 0.521. The van der Waals surface area contributed by atoms with Gasteiger partial charge in [-0.1, -0.05) is 36.4 Å². The van der Waals surface area contributed by atoms with Crippen molar-refractivity contribution in [3.63, 3.8) is 0 Å². The standard InChI is InChI=1S/C19H22N2O/c1-2-7-17(8-3-1)20-10-12-21(13-11-20)18-14-16-6-4-5-9-19(16)22-15-18/h1-9,18H,10-15H2/t18-/m1/s1. The molecule has 1 saturated heterocycles. The highest BCUT2D eigenvalue weighted by atomic mass is 16.5. The summed E-state index contributed by atoms with van der Waals surface area (Å²) in [7, 11) is 0. The number of rotatable bonds is 2. The van der Waals surface area contributed by atoms with E-state index in [1.54, 1.807) is 0 Å². The minimum Gasteiger partial charge on any atom is -0.492 e. The van der Waals surface area contributed by atoms with Gasteiger partial charge in [0.05, 0.1) is 0 Å². The number of anilines is 1.